The Morgan fingerprint density at radius 2 is 2.00 bits per heavy atom. The van der Waals surface area contributed by atoms with Gasteiger partial charge in [-0.1, -0.05) is 27.7 Å². The summed E-state index contributed by atoms with van der Waals surface area (Å²) in [6.07, 6.45) is 5.12. The Morgan fingerprint density at radius 3 is 2.53 bits per heavy atom. The number of pyridine rings is 1. The molecule has 1 unspecified atom stereocenters. The van der Waals surface area contributed by atoms with Crippen LogP contribution in [0.2, 0.25) is 0 Å². The van der Waals surface area contributed by atoms with Gasteiger partial charge in [-0.25, -0.2) is 0 Å². The summed E-state index contributed by atoms with van der Waals surface area (Å²) in [5.74, 6) is 0.626. The molecule has 0 aliphatic carbocycles. The quantitative estimate of drug-likeness (QED) is 0.735. The van der Waals surface area contributed by atoms with Crippen LogP contribution >= 0.6 is 0 Å². The van der Waals surface area contributed by atoms with E-state index in [1.165, 1.54) is 0 Å². The van der Waals surface area contributed by atoms with Gasteiger partial charge in [0.1, 0.15) is 0 Å². The fourth-order valence-corrected chi connectivity index (χ4v) is 2.26. The Labute approximate surface area is 104 Å². The van der Waals surface area contributed by atoms with E-state index in [0.717, 1.165) is 17.5 Å². The summed E-state index contributed by atoms with van der Waals surface area (Å²) in [5, 5.41) is 0. The van der Waals surface area contributed by atoms with E-state index in [1.807, 2.05) is 13.0 Å². The molecule has 1 atom stereocenters. The van der Waals surface area contributed by atoms with Crippen molar-refractivity contribution in [2.24, 2.45) is 11.3 Å². The predicted molar refractivity (Wildman–Crippen MR) is 71.2 cm³/mol. The van der Waals surface area contributed by atoms with Gasteiger partial charge in [-0.05, 0) is 36.3 Å². The highest BCUT2D eigenvalue weighted by atomic mass is 16.1. The van der Waals surface area contributed by atoms with Gasteiger partial charge in [-0.2, -0.15) is 0 Å². The van der Waals surface area contributed by atoms with Crippen molar-refractivity contribution >= 4 is 5.78 Å². The zero-order valence-electron chi connectivity index (χ0n) is 11.6. The van der Waals surface area contributed by atoms with Gasteiger partial charge in [-0.15, -0.1) is 0 Å². The topological polar surface area (TPSA) is 30.0 Å². The van der Waals surface area contributed by atoms with Crippen molar-refractivity contribution in [1.29, 1.82) is 0 Å². The number of ketones is 1. The van der Waals surface area contributed by atoms with Crippen molar-refractivity contribution in [1.82, 2.24) is 4.98 Å². The summed E-state index contributed by atoms with van der Waals surface area (Å²) in [5.41, 5.74) is 2.06. The highest BCUT2D eigenvalue weighted by Gasteiger charge is 2.18. The Balaban J connectivity index is 2.61. The molecule has 0 amide bonds. The number of carbonyl (C=O) groups is 1. The lowest BCUT2D eigenvalue weighted by molar-refractivity contribution is 0.0954. The van der Waals surface area contributed by atoms with Gasteiger partial charge >= 0.3 is 0 Å². The van der Waals surface area contributed by atoms with Gasteiger partial charge in [0.2, 0.25) is 0 Å². The molecular formula is C15H23NO. The van der Waals surface area contributed by atoms with Crippen LogP contribution in [-0.2, 0) is 0 Å². The van der Waals surface area contributed by atoms with E-state index in [2.05, 4.69) is 32.7 Å². The zero-order valence-corrected chi connectivity index (χ0v) is 11.6. The molecule has 0 aromatic carbocycles. The first-order chi connectivity index (χ1) is 7.78. The molecule has 2 nitrogen and oxygen atoms in total. The van der Waals surface area contributed by atoms with Crippen LogP contribution in [-0.4, -0.2) is 10.8 Å². The van der Waals surface area contributed by atoms with Crippen LogP contribution in [0.25, 0.3) is 0 Å². The molecule has 0 bridgehead atoms. The summed E-state index contributed by atoms with van der Waals surface area (Å²) < 4.78 is 0. The first-order valence-corrected chi connectivity index (χ1v) is 6.23. The molecule has 1 aromatic heterocycles. The molecule has 94 valence electrons. The Hall–Kier alpha value is -1.18. The average molecular weight is 233 g/mol. The van der Waals surface area contributed by atoms with Crippen LogP contribution in [0.5, 0.6) is 0 Å². The third-order valence-electron chi connectivity index (χ3n) is 2.69. The number of aryl methyl sites for hydroxylation is 1. The third-order valence-corrected chi connectivity index (χ3v) is 2.69. The predicted octanol–water partition coefficient (Wildman–Crippen LogP) is 4.04. The Kier molecular flexibility index (Phi) is 4.44. The molecule has 2 heteroatoms. The van der Waals surface area contributed by atoms with Crippen LogP contribution in [0.3, 0.4) is 0 Å². The van der Waals surface area contributed by atoms with Gasteiger partial charge < -0.3 is 0 Å². The normalized spacial score (nSPS) is 13.5. The van der Waals surface area contributed by atoms with E-state index in [4.69, 9.17) is 0 Å². The highest BCUT2D eigenvalue weighted by Crippen LogP contribution is 2.26. The largest absolute Gasteiger partial charge is 0.294 e. The number of hydrogen-bond acceptors (Lipinski definition) is 2. The molecule has 1 aromatic rings. The lowest BCUT2D eigenvalue weighted by Crippen LogP contribution is -2.14. The number of hydrogen-bond donors (Lipinski definition) is 0. The lowest BCUT2D eigenvalue weighted by Gasteiger charge is -2.22. The Morgan fingerprint density at radius 1 is 1.35 bits per heavy atom. The molecule has 0 saturated heterocycles. The van der Waals surface area contributed by atoms with Gasteiger partial charge in [-0.3, -0.25) is 9.78 Å². The van der Waals surface area contributed by atoms with Crippen molar-refractivity contribution in [2.45, 2.75) is 47.5 Å². The number of rotatable bonds is 4. The SMILES string of the molecule is Cc1cncc(C(=O)CC(C)CC(C)(C)C)c1. The van der Waals surface area contributed by atoms with Crippen LogP contribution in [0.1, 0.15) is 56.5 Å². The van der Waals surface area contributed by atoms with E-state index in [1.54, 1.807) is 12.4 Å². The molecule has 1 rings (SSSR count). The minimum atomic E-state index is 0.206. The van der Waals surface area contributed by atoms with Crippen LogP contribution < -0.4 is 0 Å². The second-order valence-corrected chi connectivity index (χ2v) is 6.25. The molecule has 0 aliphatic heterocycles. The maximum atomic E-state index is 12.1. The number of Topliss-reactive ketones (excluding diaryl/α,β-unsaturated/α-hetero) is 1. The fourth-order valence-electron chi connectivity index (χ4n) is 2.26. The average Bonchev–Trinajstić information content (AvgIpc) is 2.14. The molecule has 0 aliphatic rings. The van der Waals surface area contributed by atoms with Crippen LogP contribution in [0.4, 0.5) is 0 Å². The molecule has 0 N–H and O–H groups in total. The van der Waals surface area contributed by atoms with Crippen molar-refractivity contribution < 1.29 is 4.79 Å². The second kappa shape index (κ2) is 5.44. The third kappa shape index (κ3) is 5.12. The molecule has 17 heavy (non-hydrogen) atoms. The maximum absolute atomic E-state index is 12.1. The summed E-state index contributed by atoms with van der Waals surface area (Å²) in [7, 11) is 0. The standard InChI is InChI=1S/C15H23NO/c1-11(8-15(3,4)5)7-14(17)13-6-12(2)9-16-10-13/h6,9-11H,7-8H2,1-5H3. The van der Waals surface area contributed by atoms with E-state index >= 15 is 0 Å². The molecule has 0 saturated carbocycles. The lowest BCUT2D eigenvalue weighted by atomic mass is 9.83. The molecule has 0 radical (unpaired) electrons. The van der Waals surface area contributed by atoms with Crippen LogP contribution in [0.15, 0.2) is 18.5 Å². The van der Waals surface area contributed by atoms with Gasteiger partial charge in [0.25, 0.3) is 0 Å². The molecule has 0 spiro atoms. The fraction of sp³-hybridized carbons (Fsp3) is 0.600. The first-order valence-electron chi connectivity index (χ1n) is 6.23. The minimum absolute atomic E-state index is 0.206. The van der Waals surface area contributed by atoms with Crippen molar-refractivity contribution in [3.63, 3.8) is 0 Å². The van der Waals surface area contributed by atoms with Crippen molar-refractivity contribution in [2.75, 3.05) is 0 Å². The summed E-state index contributed by atoms with van der Waals surface area (Å²) in [6.45, 7) is 10.7. The molecule has 0 fully saturated rings. The monoisotopic (exact) mass is 233 g/mol. The van der Waals surface area contributed by atoms with E-state index in [9.17, 15) is 4.79 Å². The number of carbonyl (C=O) groups excluding carboxylic acids is 1. The minimum Gasteiger partial charge on any atom is -0.294 e. The van der Waals surface area contributed by atoms with E-state index < -0.39 is 0 Å². The second-order valence-electron chi connectivity index (χ2n) is 6.25. The van der Waals surface area contributed by atoms with Crippen LogP contribution in [0, 0.1) is 18.3 Å². The number of nitrogens with zero attached hydrogens (tertiary/aromatic N) is 1. The van der Waals surface area contributed by atoms with Crippen molar-refractivity contribution in [3.8, 4) is 0 Å². The maximum Gasteiger partial charge on any atom is 0.164 e. The highest BCUT2D eigenvalue weighted by molar-refractivity contribution is 5.96. The Bertz CT molecular complexity index is 390. The van der Waals surface area contributed by atoms with Gasteiger partial charge in [0.05, 0.1) is 0 Å². The molecule has 1 heterocycles. The summed E-state index contributed by atoms with van der Waals surface area (Å²) >= 11 is 0. The van der Waals surface area contributed by atoms with Crippen molar-refractivity contribution in [3.05, 3.63) is 29.6 Å². The summed E-state index contributed by atoms with van der Waals surface area (Å²) in [6, 6.07) is 1.92. The van der Waals surface area contributed by atoms with E-state index in [0.29, 0.717) is 12.3 Å². The van der Waals surface area contributed by atoms with E-state index in [-0.39, 0.29) is 11.2 Å². The zero-order chi connectivity index (χ0) is 13.1. The summed E-state index contributed by atoms with van der Waals surface area (Å²) in [4.78, 5) is 16.1. The van der Waals surface area contributed by atoms with Gasteiger partial charge in [0, 0.05) is 24.4 Å². The smallest absolute Gasteiger partial charge is 0.164 e. The molecular weight excluding hydrogens is 210 g/mol. The van der Waals surface area contributed by atoms with Gasteiger partial charge in [0.15, 0.2) is 5.78 Å². The first kappa shape index (κ1) is 13.9. The number of aromatic nitrogens is 1.